The lowest BCUT2D eigenvalue weighted by Gasteiger charge is -2.20. The average Bonchev–Trinajstić information content (AvgIpc) is 2.55. The number of nitrogens with one attached hydrogen (secondary N) is 1. The summed E-state index contributed by atoms with van der Waals surface area (Å²) in [6.07, 6.45) is 1.03. The molecule has 4 heteroatoms. The van der Waals surface area contributed by atoms with E-state index in [1.807, 2.05) is 55.4 Å². The number of nitrogens with zero attached hydrogens (tertiary/aromatic N) is 2. The van der Waals surface area contributed by atoms with Crippen LogP contribution in [0.15, 0.2) is 53.6 Å². The van der Waals surface area contributed by atoms with Gasteiger partial charge in [0.05, 0.1) is 11.4 Å². The highest BCUT2D eigenvalue weighted by Gasteiger charge is 2.09. The molecule has 116 valence electrons. The van der Waals surface area contributed by atoms with Gasteiger partial charge >= 0.3 is 0 Å². The Balaban J connectivity index is 2.38. The van der Waals surface area contributed by atoms with E-state index in [9.17, 15) is 0 Å². The lowest BCUT2D eigenvalue weighted by Crippen LogP contribution is -2.19. The van der Waals surface area contributed by atoms with Crippen LogP contribution in [0.1, 0.15) is 25.8 Å². The van der Waals surface area contributed by atoms with Gasteiger partial charge in [0.25, 0.3) is 0 Å². The molecule has 0 unspecified atom stereocenters. The van der Waals surface area contributed by atoms with Crippen molar-refractivity contribution in [1.82, 2.24) is 0 Å². The van der Waals surface area contributed by atoms with Crippen LogP contribution in [0.3, 0.4) is 0 Å². The molecule has 2 rings (SSSR count). The monoisotopic (exact) mass is 315 g/mol. The van der Waals surface area contributed by atoms with Gasteiger partial charge in [0.15, 0.2) is 0 Å². The van der Waals surface area contributed by atoms with Gasteiger partial charge in [-0.25, -0.2) is 0 Å². The minimum absolute atomic E-state index is 0.713. The van der Waals surface area contributed by atoms with Gasteiger partial charge in [-0.3, -0.25) is 5.01 Å². The zero-order valence-electron chi connectivity index (χ0n) is 13.3. The van der Waals surface area contributed by atoms with Crippen LogP contribution < -0.4 is 10.3 Å². The molecule has 0 bridgehead atoms. The van der Waals surface area contributed by atoms with Gasteiger partial charge in [0, 0.05) is 29.9 Å². The number of halogens is 1. The summed E-state index contributed by atoms with van der Waals surface area (Å²) >= 11 is 6.14. The molecule has 0 radical (unpaired) electrons. The molecule has 3 nitrogen and oxygen atoms in total. The van der Waals surface area contributed by atoms with Gasteiger partial charge in [-0.1, -0.05) is 36.7 Å². The van der Waals surface area contributed by atoms with Crippen LogP contribution in [-0.4, -0.2) is 19.3 Å². The van der Waals surface area contributed by atoms with Crippen molar-refractivity contribution >= 4 is 28.7 Å². The van der Waals surface area contributed by atoms with Crippen molar-refractivity contribution in [3.05, 3.63) is 59.1 Å². The van der Waals surface area contributed by atoms with E-state index >= 15 is 0 Å². The Hall–Kier alpha value is -2.00. The van der Waals surface area contributed by atoms with E-state index in [0.29, 0.717) is 5.02 Å². The third kappa shape index (κ3) is 4.01. The van der Waals surface area contributed by atoms with E-state index in [0.717, 1.165) is 35.6 Å². The van der Waals surface area contributed by atoms with Crippen LogP contribution in [0.5, 0.6) is 0 Å². The summed E-state index contributed by atoms with van der Waals surface area (Å²) in [5.41, 5.74) is 4.07. The predicted octanol–water partition coefficient (Wildman–Crippen LogP) is 5.02. The van der Waals surface area contributed by atoms with Crippen LogP contribution in [0.2, 0.25) is 5.02 Å². The van der Waals surface area contributed by atoms with Crippen molar-refractivity contribution in [3.63, 3.8) is 0 Å². The van der Waals surface area contributed by atoms with Crippen molar-refractivity contribution in [2.24, 2.45) is 5.10 Å². The summed E-state index contributed by atoms with van der Waals surface area (Å²) in [6.45, 7) is 5.04. The Morgan fingerprint density at radius 2 is 1.91 bits per heavy atom. The summed E-state index contributed by atoms with van der Waals surface area (Å²) in [5.74, 6) is 0. The van der Waals surface area contributed by atoms with E-state index in [4.69, 9.17) is 16.7 Å². The second-order valence-electron chi connectivity index (χ2n) is 5.08. The molecular weight excluding hydrogens is 294 g/mol. The van der Waals surface area contributed by atoms with Gasteiger partial charge < -0.3 is 5.32 Å². The Morgan fingerprint density at radius 3 is 2.55 bits per heavy atom. The predicted molar refractivity (Wildman–Crippen MR) is 97.3 cm³/mol. The summed E-state index contributed by atoms with van der Waals surface area (Å²) in [7, 11) is 1.90. The molecule has 0 aliphatic heterocycles. The maximum absolute atomic E-state index is 6.14. The molecule has 0 atom stereocenters. The molecule has 0 saturated heterocycles. The molecule has 0 amide bonds. The number of hydrogen-bond acceptors (Lipinski definition) is 3. The fraction of sp³-hybridized carbons (Fsp3) is 0.278. The molecule has 0 fully saturated rings. The minimum atomic E-state index is 0.713. The Kier molecular flexibility index (Phi) is 5.84. The number of hydrazone groups is 1. The van der Waals surface area contributed by atoms with Gasteiger partial charge in [0.2, 0.25) is 0 Å². The van der Waals surface area contributed by atoms with Gasteiger partial charge in [-0.15, -0.1) is 0 Å². The van der Waals surface area contributed by atoms with E-state index in [2.05, 4.69) is 24.4 Å². The maximum Gasteiger partial charge on any atom is 0.0672 e. The zero-order valence-corrected chi connectivity index (χ0v) is 14.1. The van der Waals surface area contributed by atoms with Crippen LogP contribution in [0.25, 0.3) is 0 Å². The molecule has 0 spiro atoms. The Labute approximate surface area is 137 Å². The Morgan fingerprint density at radius 1 is 1.18 bits per heavy atom. The lowest BCUT2D eigenvalue weighted by atomic mass is 10.1. The largest absolute Gasteiger partial charge is 0.388 e. The number of rotatable bonds is 6. The molecule has 0 aliphatic rings. The van der Waals surface area contributed by atoms with Crippen LogP contribution >= 0.6 is 11.6 Å². The minimum Gasteiger partial charge on any atom is -0.388 e. The fourth-order valence-electron chi connectivity index (χ4n) is 2.32. The molecule has 0 aromatic heterocycles. The first-order valence-electron chi connectivity index (χ1n) is 7.51. The number of benzene rings is 2. The van der Waals surface area contributed by atoms with Crippen molar-refractivity contribution in [3.8, 4) is 0 Å². The normalized spacial score (nSPS) is 11.4. The SMILES string of the molecule is CCCN(/N=C(/C)c1cc(Cl)ccc1NC)c1ccccc1. The maximum atomic E-state index is 6.14. The molecule has 2 aromatic rings. The van der Waals surface area contributed by atoms with Gasteiger partial charge in [-0.2, -0.15) is 5.10 Å². The molecule has 0 heterocycles. The third-order valence-corrected chi connectivity index (χ3v) is 3.64. The first-order valence-corrected chi connectivity index (χ1v) is 7.89. The van der Waals surface area contributed by atoms with E-state index in [-0.39, 0.29) is 0 Å². The third-order valence-electron chi connectivity index (χ3n) is 3.40. The molecular formula is C18H22ClN3. The second kappa shape index (κ2) is 7.85. The fourth-order valence-corrected chi connectivity index (χ4v) is 2.49. The van der Waals surface area contributed by atoms with E-state index < -0.39 is 0 Å². The standard InChI is InChI=1S/C18H22ClN3/c1-4-12-22(16-8-6-5-7-9-16)21-14(2)17-13-15(19)10-11-18(17)20-3/h5-11,13,20H,4,12H2,1-3H3/b21-14-. The number of para-hydroxylation sites is 1. The average molecular weight is 316 g/mol. The number of hydrogen-bond donors (Lipinski definition) is 1. The van der Waals surface area contributed by atoms with Crippen LogP contribution in [0.4, 0.5) is 11.4 Å². The summed E-state index contributed by atoms with van der Waals surface area (Å²) in [4.78, 5) is 0. The van der Waals surface area contributed by atoms with Crippen molar-refractivity contribution in [1.29, 1.82) is 0 Å². The molecule has 1 N–H and O–H groups in total. The van der Waals surface area contributed by atoms with Gasteiger partial charge in [0.1, 0.15) is 0 Å². The molecule has 22 heavy (non-hydrogen) atoms. The first-order chi connectivity index (χ1) is 10.7. The zero-order chi connectivity index (χ0) is 15.9. The highest BCUT2D eigenvalue weighted by molar-refractivity contribution is 6.31. The molecule has 2 aromatic carbocycles. The van der Waals surface area contributed by atoms with Gasteiger partial charge in [-0.05, 0) is 43.7 Å². The van der Waals surface area contributed by atoms with Crippen molar-refractivity contribution in [2.75, 3.05) is 23.9 Å². The summed E-state index contributed by atoms with van der Waals surface area (Å²) in [6, 6.07) is 16.0. The molecule has 0 aliphatic carbocycles. The van der Waals surface area contributed by atoms with Crippen molar-refractivity contribution in [2.45, 2.75) is 20.3 Å². The smallest absolute Gasteiger partial charge is 0.0672 e. The van der Waals surface area contributed by atoms with E-state index in [1.165, 1.54) is 0 Å². The quantitative estimate of drug-likeness (QED) is 0.598. The number of anilines is 2. The van der Waals surface area contributed by atoms with Crippen LogP contribution in [-0.2, 0) is 0 Å². The summed E-state index contributed by atoms with van der Waals surface area (Å²) in [5, 5.41) is 10.7. The highest BCUT2D eigenvalue weighted by atomic mass is 35.5. The topological polar surface area (TPSA) is 27.6 Å². The van der Waals surface area contributed by atoms with Crippen molar-refractivity contribution < 1.29 is 0 Å². The lowest BCUT2D eigenvalue weighted by molar-refractivity contribution is 0.806. The molecule has 0 saturated carbocycles. The summed E-state index contributed by atoms with van der Waals surface area (Å²) < 4.78 is 0. The second-order valence-corrected chi connectivity index (χ2v) is 5.52. The Bertz CT molecular complexity index is 638. The first kappa shape index (κ1) is 16.4. The van der Waals surface area contributed by atoms with E-state index in [1.54, 1.807) is 0 Å². The van der Waals surface area contributed by atoms with Crippen LogP contribution in [0, 0.1) is 0 Å². The highest BCUT2D eigenvalue weighted by Crippen LogP contribution is 2.22.